The van der Waals surface area contributed by atoms with Crippen LogP contribution in [0.5, 0.6) is 0 Å². The summed E-state index contributed by atoms with van der Waals surface area (Å²) in [4.78, 5) is 8.65. The quantitative estimate of drug-likeness (QED) is 0.618. The Balaban J connectivity index is 2.57. The van der Waals surface area contributed by atoms with Gasteiger partial charge in [-0.2, -0.15) is 0 Å². The molecule has 0 aliphatic rings. The third-order valence-electron chi connectivity index (χ3n) is 2.14. The fourth-order valence-corrected chi connectivity index (χ4v) is 1.28. The lowest BCUT2D eigenvalue weighted by Crippen LogP contribution is -2.29. The third-order valence-corrected chi connectivity index (χ3v) is 2.14. The van der Waals surface area contributed by atoms with E-state index in [4.69, 9.17) is 0 Å². The summed E-state index contributed by atoms with van der Waals surface area (Å²) >= 11 is 0. The molecule has 0 aromatic carbocycles. The van der Waals surface area contributed by atoms with Crippen molar-refractivity contribution in [1.82, 2.24) is 9.55 Å². The summed E-state index contributed by atoms with van der Waals surface area (Å²) in [5, 5.41) is 0. The summed E-state index contributed by atoms with van der Waals surface area (Å²) in [6.45, 7) is 0. The van der Waals surface area contributed by atoms with Crippen LogP contribution in [0.25, 0.3) is 0 Å². The Labute approximate surface area is 88.2 Å². The number of pyridine rings is 1. The number of rotatable bonds is 1. The molecule has 0 saturated carbocycles. The van der Waals surface area contributed by atoms with Gasteiger partial charge in [-0.3, -0.25) is 0 Å². The molecule has 0 radical (unpaired) electrons. The maximum atomic E-state index is 4.46. The molecule has 4 heteroatoms. The van der Waals surface area contributed by atoms with Gasteiger partial charge in [-0.1, -0.05) is 11.1 Å². The third kappa shape index (κ3) is 2.10. The first-order chi connectivity index (χ1) is 7.27. The topological polar surface area (TPSA) is 34.1 Å². The minimum atomic E-state index is 0.694. The average Bonchev–Trinajstić information content (AvgIpc) is 2.24. The van der Waals surface area contributed by atoms with Crippen molar-refractivity contribution in [2.45, 2.75) is 0 Å². The highest BCUT2D eigenvalue weighted by Crippen LogP contribution is 1.94. The lowest BCUT2D eigenvalue weighted by Gasteiger charge is -1.94. The van der Waals surface area contributed by atoms with Crippen LogP contribution < -0.4 is 10.1 Å². The van der Waals surface area contributed by atoms with Gasteiger partial charge in [-0.15, -0.1) is 0 Å². The largest absolute Gasteiger partial charge is 0.434 e. The van der Waals surface area contributed by atoms with Gasteiger partial charge in [0, 0.05) is 19.3 Å². The number of hydrogen-bond donors (Lipinski definition) is 0. The molecular weight excluding hydrogens is 188 g/mol. The van der Waals surface area contributed by atoms with Gasteiger partial charge in [0.05, 0.1) is 13.2 Å². The van der Waals surface area contributed by atoms with Crippen LogP contribution in [0, 0.1) is 0 Å². The highest BCUT2D eigenvalue weighted by atomic mass is 15.1. The van der Waals surface area contributed by atoms with Crippen LogP contribution in [0.15, 0.2) is 47.8 Å². The van der Waals surface area contributed by atoms with Gasteiger partial charge in [-0.25, -0.2) is 4.57 Å². The number of nitrogens with zero attached hydrogens (tertiary/aromatic N) is 4. The molecule has 2 rings (SSSR count). The summed E-state index contributed by atoms with van der Waals surface area (Å²) in [5.41, 5.74) is 0.881. The molecule has 0 N–H and O–H groups in total. The molecule has 0 unspecified atom stereocenters. The predicted molar refractivity (Wildman–Crippen MR) is 56.0 cm³/mol. The SMILES string of the molecule is Cn1ccccc1=Nc1nccc[n+]1C. The smallest absolute Gasteiger partial charge is 0.322 e. The van der Waals surface area contributed by atoms with Crippen molar-refractivity contribution in [2.24, 2.45) is 19.1 Å². The highest BCUT2D eigenvalue weighted by molar-refractivity contribution is 5.05. The summed E-state index contributed by atoms with van der Waals surface area (Å²) in [6.07, 6.45) is 5.62. The molecule has 15 heavy (non-hydrogen) atoms. The van der Waals surface area contributed by atoms with Crippen molar-refractivity contribution in [3.05, 3.63) is 48.3 Å². The van der Waals surface area contributed by atoms with Crippen LogP contribution in [-0.4, -0.2) is 9.55 Å². The Morgan fingerprint density at radius 3 is 2.93 bits per heavy atom. The maximum absolute atomic E-state index is 4.46. The maximum Gasteiger partial charge on any atom is 0.434 e. The van der Waals surface area contributed by atoms with E-state index in [2.05, 4.69) is 9.98 Å². The fourth-order valence-electron chi connectivity index (χ4n) is 1.28. The minimum Gasteiger partial charge on any atom is -0.322 e. The predicted octanol–water partition coefficient (Wildman–Crippen LogP) is 0.477. The van der Waals surface area contributed by atoms with E-state index < -0.39 is 0 Å². The molecule has 0 amide bonds. The van der Waals surface area contributed by atoms with Crippen LogP contribution in [-0.2, 0) is 14.1 Å². The second-order valence-corrected chi connectivity index (χ2v) is 3.31. The van der Waals surface area contributed by atoms with E-state index in [9.17, 15) is 0 Å². The molecule has 0 bridgehead atoms. The molecule has 76 valence electrons. The van der Waals surface area contributed by atoms with E-state index in [0.717, 1.165) is 5.49 Å². The van der Waals surface area contributed by atoms with Crippen molar-refractivity contribution in [1.29, 1.82) is 0 Å². The van der Waals surface area contributed by atoms with Crippen LogP contribution in [0.4, 0.5) is 5.95 Å². The van der Waals surface area contributed by atoms with Crippen LogP contribution in [0.2, 0.25) is 0 Å². The van der Waals surface area contributed by atoms with Crippen molar-refractivity contribution >= 4 is 5.95 Å². The van der Waals surface area contributed by atoms with Gasteiger partial charge in [-0.05, 0) is 17.1 Å². The average molecular weight is 201 g/mol. The Morgan fingerprint density at radius 2 is 2.20 bits per heavy atom. The normalized spacial score (nSPS) is 11.7. The molecule has 0 spiro atoms. The van der Waals surface area contributed by atoms with Crippen molar-refractivity contribution < 1.29 is 4.57 Å². The van der Waals surface area contributed by atoms with E-state index in [1.807, 2.05) is 59.9 Å². The molecular formula is C11H13N4+. The van der Waals surface area contributed by atoms with E-state index >= 15 is 0 Å². The zero-order valence-corrected chi connectivity index (χ0v) is 8.83. The van der Waals surface area contributed by atoms with E-state index in [1.54, 1.807) is 6.20 Å². The number of aryl methyl sites for hydroxylation is 2. The van der Waals surface area contributed by atoms with Crippen molar-refractivity contribution in [3.63, 3.8) is 0 Å². The Morgan fingerprint density at radius 1 is 1.33 bits per heavy atom. The molecule has 4 nitrogen and oxygen atoms in total. The van der Waals surface area contributed by atoms with Gasteiger partial charge in [0.15, 0.2) is 0 Å². The standard InChI is InChI=1S/C11H13N4/c1-14-8-4-3-6-10(14)13-11-12-7-5-9-15(11)2/h3-9H,1-2H3/q+1. The zero-order valence-electron chi connectivity index (χ0n) is 8.83. The van der Waals surface area contributed by atoms with Crippen molar-refractivity contribution in [2.75, 3.05) is 0 Å². The molecule has 0 aliphatic carbocycles. The summed E-state index contributed by atoms with van der Waals surface area (Å²) < 4.78 is 3.84. The first kappa shape index (κ1) is 9.58. The molecule has 2 aromatic rings. The molecule has 0 saturated heterocycles. The highest BCUT2D eigenvalue weighted by Gasteiger charge is 2.04. The first-order valence-electron chi connectivity index (χ1n) is 4.74. The zero-order chi connectivity index (χ0) is 10.7. The van der Waals surface area contributed by atoms with Crippen LogP contribution >= 0.6 is 0 Å². The van der Waals surface area contributed by atoms with E-state index in [0.29, 0.717) is 5.95 Å². The van der Waals surface area contributed by atoms with Crippen molar-refractivity contribution in [3.8, 4) is 0 Å². The van der Waals surface area contributed by atoms with Crippen LogP contribution in [0.3, 0.4) is 0 Å². The minimum absolute atomic E-state index is 0.694. The van der Waals surface area contributed by atoms with Gasteiger partial charge >= 0.3 is 5.95 Å². The Hall–Kier alpha value is -1.97. The number of aromatic nitrogens is 3. The second kappa shape index (κ2) is 4.04. The first-order valence-corrected chi connectivity index (χ1v) is 4.74. The summed E-state index contributed by atoms with van der Waals surface area (Å²) in [6, 6.07) is 7.76. The van der Waals surface area contributed by atoms with Gasteiger partial charge in [0.1, 0.15) is 6.20 Å². The monoisotopic (exact) mass is 201 g/mol. The van der Waals surface area contributed by atoms with E-state index in [-0.39, 0.29) is 0 Å². The van der Waals surface area contributed by atoms with Crippen LogP contribution in [0.1, 0.15) is 0 Å². The van der Waals surface area contributed by atoms with E-state index in [1.165, 1.54) is 0 Å². The van der Waals surface area contributed by atoms with Gasteiger partial charge in [0.2, 0.25) is 5.49 Å². The molecule has 0 atom stereocenters. The van der Waals surface area contributed by atoms with Gasteiger partial charge in [0.25, 0.3) is 0 Å². The molecule has 0 aliphatic heterocycles. The molecule has 0 fully saturated rings. The lowest BCUT2D eigenvalue weighted by atomic mass is 10.5. The van der Waals surface area contributed by atoms with Gasteiger partial charge < -0.3 is 4.57 Å². The Bertz CT molecular complexity index is 528. The molecule has 2 heterocycles. The molecule has 2 aromatic heterocycles. The summed E-state index contributed by atoms with van der Waals surface area (Å²) in [7, 11) is 3.89. The Kier molecular flexibility index (Phi) is 2.58. The fraction of sp³-hybridized carbons (Fsp3) is 0.182. The summed E-state index contributed by atoms with van der Waals surface area (Å²) in [5.74, 6) is 0.694. The number of hydrogen-bond acceptors (Lipinski definition) is 2. The lowest BCUT2D eigenvalue weighted by molar-refractivity contribution is -0.661. The second-order valence-electron chi connectivity index (χ2n) is 3.31.